The zero-order valence-electron chi connectivity index (χ0n) is 8.64. The Bertz CT molecular complexity index is 299. The Balaban J connectivity index is 2.86. The number of hydrogen-bond acceptors (Lipinski definition) is 3. The topological polar surface area (TPSA) is 46.6 Å². The van der Waals surface area contributed by atoms with Crippen molar-refractivity contribution in [3.8, 4) is 0 Å². The fourth-order valence-electron chi connectivity index (χ4n) is 1.54. The van der Waals surface area contributed by atoms with Gasteiger partial charge in [-0.1, -0.05) is 13.5 Å². The van der Waals surface area contributed by atoms with Gasteiger partial charge in [-0.15, -0.1) is 0 Å². The molecule has 0 aromatic heterocycles. The molecule has 1 aliphatic rings. The Morgan fingerprint density at radius 1 is 1.64 bits per heavy atom. The molecule has 0 bridgehead atoms. The molecule has 1 heterocycles. The van der Waals surface area contributed by atoms with Gasteiger partial charge in [0, 0.05) is 18.0 Å². The highest BCUT2D eigenvalue weighted by atomic mass is 32.2. The summed E-state index contributed by atoms with van der Waals surface area (Å²) in [7, 11) is -3.30. The van der Waals surface area contributed by atoms with E-state index < -0.39 is 10.0 Å². The molecule has 1 aliphatic heterocycles. The first-order chi connectivity index (χ1) is 6.51. The van der Waals surface area contributed by atoms with Crippen molar-refractivity contribution in [2.24, 2.45) is 0 Å². The van der Waals surface area contributed by atoms with Crippen LogP contribution in [0, 0.1) is 0 Å². The summed E-state index contributed by atoms with van der Waals surface area (Å²) in [5.74, 6) is 0. The molecule has 1 rings (SSSR count). The summed E-state index contributed by atoms with van der Waals surface area (Å²) in [5, 5.41) is 1.01. The minimum absolute atomic E-state index is 0.0347. The highest BCUT2D eigenvalue weighted by molar-refractivity contribution is 7.92. The number of rotatable bonds is 3. The molecular weight excluding hydrogens is 202 g/mol. The summed E-state index contributed by atoms with van der Waals surface area (Å²) < 4.78 is 30.1. The van der Waals surface area contributed by atoms with Gasteiger partial charge in [0.15, 0.2) is 0 Å². The van der Waals surface area contributed by atoms with Crippen molar-refractivity contribution in [2.45, 2.75) is 32.4 Å². The molecule has 2 unspecified atom stereocenters. The predicted octanol–water partition coefficient (Wildman–Crippen LogP) is 0.959. The van der Waals surface area contributed by atoms with E-state index >= 15 is 0 Å². The zero-order valence-corrected chi connectivity index (χ0v) is 9.46. The molecule has 4 nitrogen and oxygen atoms in total. The summed E-state index contributed by atoms with van der Waals surface area (Å²) >= 11 is 0. The molecule has 5 heteroatoms. The van der Waals surface area contributed by atoms with Gasteiger partial charge in [-0.05, 0) is 13.3 Å². The number of nitrogens with zero attached hydrogens (tertiary/aromatic N) is 1. The SMILES string of the molecule is C=CS(=O)(=O)N1CC(C)OCC1CC. The zero-order chi connectivity index (χ0) is 10.8. The quantitative estimate of drug-likeness (QED) is 0.710. The first-order valence-corrected chi connectivity index (χ1v) is 6.27. The average Bonchev–Trinajstić information content (AvgIpc) is 2.18. The van der Waals surface area contributed by atoms with Crippen LogP contribution in [0.15, 0.2) is 12.0 Å². The Morgan fingerprint density at radius 2 is 2.29 bits per heavy atom. The standard InChI is InChI=1S/C9H17NO3S/c1-4-9-7-13-8(3)6-10(9)14(11,12)5-2/h5,8-9H,2,4,6-7H2,1,3H3. The van der Waals surface area contributed by atoms with Crippen LogP contribution in [0.1, 0.15) is 20.3 Å². The van der Waals surface area contributed by atoms with Crippen molar-refractivity contribution in [1.82, 2.24) is 4.31 Å². The van der Waals surface area contributed by atoms with E-state index in [9.17, 15) is 8.42 Å². The smallest absolute Gasteiger partial charge is 0.236 e. The molecule has 0 radical (unpaired) electrons. The van der Waals surface area contributed by atoms with Crippen LogP contribution in [0.4, 0.5) is 0 Å². The minimum Gasteiger partial charge on any atom is -0.375 e. The minimum atomic E-state index is -3.30. The Kier molecular flexibility index (Phi) is 3.69. The van der Waals surface area contributed by atoms with E-state index in [0.29, 0.717) is 13.2 Å². The molecule has 0 spiro atoms. The molecule has 0 aromatic rings. The average molecular weight is 219 g/mol. The predicted molar refractivity (Wildman–Crippen MR) is 55.3 cm³/mol. The van der Waals surface area contributed by atoms with E-state index in [0.717, 1.165) is 11.8 Å². The van der Waals surface area contributed by atoms with Crippen molar-refractivity contribution in [1.29, 1.82) is 0 Å². The lowest BCUT2D eigenvalue weighted by Gasteiger charge is -2.36. The lowest BCUT2D eigenvalue weighted by atomic mass is 10.2. The van der Waals surface area contributed by atoms with Crippen molar-refractivity contribution >= 4 is 10.0 Å². The number of ether oxygens (including phenoxy) is 1. The van der Waals surface area contributed by atoms with Gasteiger partial charge >= 0.3 is 0 Å². The lowest BCUT2D eigenvalue weighted by molar-refractivity contribution is -0.0225. The molecule has 0 aromatic carbocycles. The van der Waals surface area contributed by atoms with E-state index in [2.05, 4.69) is 6.58 Å². The second kappa shape index (κ2) is 4.42. The maximum Gasteiger partial charge on any atom is 0.236 e. The van der Waals surface area contributed by atoms with E-state index in [-0.39, 0.29) is 12.1 Å². The van der Waals surface area contributed by atoms with Crippen molar-refractivity contribution < 1.29 is 13.2 Å². The molecule has 0 aliphatic carbocycles. The van der Waals surface area contributed by atoms with Gasteiger partial charge in [0.1, 0.15) is 0 Å². The van der Waals surface area contributed by atoms with Crippen LogP contribution in [0.2, 0.25) is 0 Å². The second-order valence-electron chi connectivity index (χ2n) is 3.49. The summed E-state index contributed by atoms with van der Waals surface area (Å²) in [6.45, 7) is 8.06. The van der Waals surface area contributed by atoms with Crippen molar-refractivity contribution in [2.75, 3.05) is 13.2 Å². The maximum atomic E-state index is 11.6. The summed E-state index contributed by atoms with van der Waals surface area (Å²) in [6, 6.07) is -0.0470. The van der Waals surface area contributed by atoms with Gasteiger partial charge in [0.05, 0.1) is 12.7 Å². The van der Waals surface area contributed by atoms with E-state index in [1.165, 1.54) is 4.31 Å². The van der Waals surface area contributed by atoms with Crippen LogP contribution in [0.25, 0.3) is 0 Å². The Labute approximate surface area is 85.6 Å². The number of hydrogen-bond donors (Lipinski definition) is 0. The van der Waals surface area contributed by atoms with Crippen LogP contribution < -0.4 is 0 Å². The van der Waals surface area contributed by atoms with Crippen LogP contribution in [0.3, 0.4) is 0 Å². The molecule has 2 atom stereocenters. The fourth-order valence-corrected chi connectivity index (χ4v) is 2.78. The monoisotopic (exact) mass is 219 g/mol. The summed E-state index contributed by atoms with van der Waals surface area (Å²) in [6.07, 6.45) is 0.729. The van der Waals surface area contributed by atoms with E-state index in [4.69, 9.17) is 4.74 Å². The van der Waals surface area contributed by atoms with Gasteiger partial charge in [-0.3, -0.25) is 0 Å². The third-order valence-electron chi connectivity index (χ3n) is 2.43. The van der Waals surface area contributed by atoms with Crippen LogP contribution in [-0.4, -0.2) is 38.0 Å². The second-order valence-corrected chi connectivity index (χ2v) is 5.32. The lowest BCUT2D eigenvalue weighted by Crippen LogP contribution is -2.50. The normalized spacial score (nSPS) is 30.1. The molecule has 82 valence electrons. The molecule has 1 saturated heterocycles. The van der Waals surface area contributed by atoms with Gasteiger partial charge < -0.3 is 4.74 Å². The largest absolute Gasteiger partial charge is 0.375 e. The highest BCUT2D eigenvalue weighted by Crippen LogP contribution is 2.18. The van der Waals surface area contributed by atoms with Crippen LogP contribution in [-0.2, 0) is 14.8 Å². The Hall–Kier alpha value is -0.390. The number of sulfonamides is 1. The molecule has 14 heavy (non-hydrogen) atoms. The molecule has 0 N–H and O–H groups in total. The molecule has 0 amide bonds. The van der Waals surface area contributed by atoms with Gasteiger partial charge in [0.25, 0.3) is 0 Å². The third-order valence-corrected chi connectivity index (χ3v) is 3.95. The molecule has 1 fully saturated rings. The maximum absolute atomic E-state index is 11.6. The molecular formula is C9H17NO3S. The first kappa shape index (κ1) is 11.7. The van der Waals surface area contributed by atoms with E-state index in [1.54, 1.807) is 0 Å². The first-order valence-electron chi connectivity index (χ1n) is 4.77. The van der Waals surface area contributed by atoms with Crippen LogP contribution in [0.5, 0.6) is 0 Å². The van der Waals surface area contributed by atoms with E-state index in [1.807, 2.05) is 13.8 Å². The van der Waals surface area contributed by atoms with Crippen molar-refractivity contribution in [3.05, 3.63) is 12.0 Å². The summed E-state index contributed by atoms with van der Waals surface area (Å²) in [5.41, 5.74) is 0. The highest BCUT2D eigenvalue weighted by Gasteiger charge is 2.32. The molecule has 0 saturated carbocycles. The summed E-state index contributed by atoms with van der Waals surface area (Å²) in [4.78, 5) is 0. The fraction of sp³-hybridized carbons (Fsp3) is 0.778. The number of morpholine rings is 1. The van der Waals surface area contributed by atoms with Gasteiger partial charge in [0.2, 0.25) is 10.0 Å². The third kappa shape index (κ3) is 2.34. The van der Waals surface area contributed by atoms with Gasteiger partial charge in [-0.25, -0.2) is 8.42 Å². The van der Waals surface area contributed by atoms with Crippen molar-refractivity contribution in [3.63, 3.8) is 0 Å². The Morgan fingerprint density at radius 3 is 2.79 bits per heavy atom. The van der Waals surface area contributed by atoms with Gasteiger partial charge in [-0.2, -0.15) is 4.31 Å². The van der Waals surface area contributed by atoms with Crippen LogP contribution >= 0.6 is 0 Å².